The number of aromatic nitrogens is 1. The van der Waals surface area contributed by atoms with E-state index >= 15 is 0 Å². The first-order chi connectivity index (χ1) is 13.0. The first kappa shape index (κ1) is 21.5. The number of hydrogen-bond donors (Lipinski definition) is 1. The number of nitrogens with zero attached hydrogens (tertiary/aromatic N) is 2. The summed E-state index contributed by atoms with van der Waals surface area (Å²) < 4.78 is 1.97. The molecule has 6 heteroatoms. The largest absolute Gasteiger partial charge is 0.352 e. The summed E-state index contributed by atoms with van der Waals surface area (Å²) in [6.07, 6.45) is 4.54. The van der Waals surface area contributed by atoms with E-state index in [0.29, 0.717) is 17.0 Å². The minimum absolute atomic E-state index is 0.198. The molecular formula is C21H30ClN3O2. The molecule has 0 unspecified atom stereocenters. The number of carbonyl (C=O) groups is 1. The second-order valence-corrected chi connectivity index (χ2v) is 7.15. The molecule has 1 heterocycles. The van der Waals surface area contributed by atoms with Crippen molar-refractivity contribution in [2.75, 3.05) is 26.2 Å². The zero-order chi connectivity index (χ0) is 19.8. The van der Waals surface area contributed by atoms with Gasteiger partial charge in [-0.3, -0.25) is 9.59 Å². The van der Waals surface area contributed by atoms with Crippen molar-refractivity contribution < 1.29 is 4.79 Å². The van der Waals surface area contributed by atoms with Crippen molar-refractivity contribution in [2.24, 2.45) is 0 Å². The van der Waals surface area contributed by atoms with Crippen LogP contribution in [-0.4, -0.2) is 41.6 Å². The van der Waals surface area contributed by atoms with Crippen LogP contribution in [0.1, 0.15) is 50.4 Å². The van der Waals surface area contributed by atoms with Gasteiger partial charge in [0.1, 0.15) is 5.56 Å². The Labute approximate surface area is 166 Å². The van der Waals surface area contributed by atoms with Gasteiger partial charge in [0.15, 0.2) is 0 Å². The highest BCUT2D eigenvalue weighted by atomic mass is 35.5. The third-order valence-corrected chi connectivity index (χ3v) is 5.11. The number of carbonyl (C=O) groups excluding carboxylic acids is 1. The number of fused-ring (bicyclic) bond motifs is 1. The van der Waals surface area contributed by atoms with Gasteiger partial charge in [-0.25, -0.2) is 0 Å². The molecule has 1 aromatic heterocycles. The van der Waals surface area contributed by atoms with Crippen molar-refractivity contribution in [3.8, 4) is 0 Å². The first-order valence-electron chi connectivity index (χ1n) is 9.85. The molecule has 1 N–H and O–H groups in total. The van der Waals surface area contributed by atoms with Crippen molar-refractivity contribution >= 4 is 28.4 Å². The normalized spacial score (nSPS) is 11.3. The van der Waals surface area contributed by atoms with Crippen LogP contribution in [0.5, 0.6) is 0 Å². The smallest absolute Gasteiger partial charge is 0.256 e. The van der Waals surface area contributed by atoms with E-state index in [1.165, 1.54) is 0 Å². The Balaban J connectivity index is 2.21. The Morgan fingerprint density at radius 3 is 2.59 bits per heavy atom. The molecule has 5 nitrogen and oxygen atoms in total. The van der Waals surface area contributed by atoms with Gasteiger partial charge in [0, 0.05) is 29.7 Å². The molecule has 0 saturated carbocycles. The van der Waals surface area contributed by atoms with Crippen LogP contribution in [0.3, 0.4) is 0 Å². The van der Waals surface area contributed by atoms with Crippen LogP contribution >= 0.6 is 11.6 Å². The van der Waals surface area contributed by atoms with Crippen LogP contribution in [0.4, 0.5) is 0 Å². The minimum Gasteiger partial charge on any atom is -0.352 e. The Morgan fingerprint density at radius 2 is 1.93 bits per heavy atom. The Morgan fingerprint density at radius 1 is 1.19 bits per heavy atom. The quantitative estimate of drug-likeness (QED) is 0.624. The van der Waals surface area contributed by atoms with E-state index in [-0.39, 0.29) is 16.9 Å². The second kappa shape index (κ2) is 10.5. The molecule has 1 aromatic carbocycles. The summed E-state index contributed by atoms with van der Waals surface area (Å²) in [4.78, 5) is 27.7. The maximum absolute atomic E-state index is 12.8. The first-order valence-corrected chi connectivity index (χ1v) is 10.2. The van der Waals surface area contributed by atoms with Gasteiger partial charge >= 0.3 is 0 Å². The van der Waals surface area contributed by atoms with Gasteiger partial charge in [-0.2, -0.15) is 0 Å². The maximum Gasteiger partial charge on any atom is 0.256 e. The summed E-state index contributed by atoms with van der Waals surface area (Å²) in [7, 11) is 0. The molecule has 0 bridgehead atoms. The van der Waals surface area contributed by atoms with Gasteiger partial charge in [-0.15, -0.1) is 0 Å². The van der Waals surface area contributed by atoms with E-state index < -0.39 is 0 Å². The van der Waals surface area contributed by atoms with E-state index in [1.54, 1.807) is 24.4 Å². The summed E-state index contributed by atoms with van der Waals surface area (Å²) in [5.74, 6) is -0.304. The number of nitrogens with one attached hydrogen (secondary N) is 1. The molecule has 27 heavy (non-hydrogen) atoms. The van der Waals surface area contributed by atoms with Crippen molar-refractivity contribution in [1.29, 1.82) is 0 Å². The Bertz CT molecular complexity index is 828. The molecule has 0 radical (unpaired) electrons. The molecule has 0 atom stereocenters. The van der Waals surface area contributed by atoms with Gasteiger partial charge in [0.05, 0.1) is 5.52 Å². The van der Waals surface area contributed by atoms with E-state index in [1.807, 2.05) is 4.57 Å². The number of amides is 1. The third-order valence-electron chi connectivity index (χ3n) is 4.87. The number of pyridine rings is 1. The van der Waals surface area contributed by atoms with E-state index in [4.69, 9.17) is 11.6 Å². The second-order valence-electron chi connectivity index (χ2n) is 6.72. The molecule has 0 aliphatic rings. The lowest BCUT2D eigenvalue weighted by Gasteiger charge is -2.18. The lowest BCUT2D eigenvalue weighted by Crippen LogP contribution is -2.33. The standard InChI is InChI=1S/C21H30ClN3O2/c1-4-7-13-25-15-18(20(26)17-10-9-16(22)14-19(17)25)21(27)23-11-8-12-24(5-2)6-3/h9-10,14-15H,4-8,11-13H2,1-3H3,(H,23,27). The predicted octanol–water partition coefficient (Wildman–Crippen LogP) is 3.92. The van der Waals surface area contributed by atoms with Gasteiger partial charge in [0.2, 0.25) is 5.43 Å². The van der Waals surface area contributed by atoms with E-state index in [0.717, 1.165) is 51.0 Å². The van der Waals surface area contributed by atoms with Crippen molar-refractivity contribution in [3.63, 3.8) is 0 Å². The van der Waals surface area contributed by atoms with Crippen LogP contribution in [-0.2, 0) is 6.54 Å². The van der Waals surface area contributed by atoms with Crippen LogP contribution in [0.25, 0.3) is 10.9 Å². The molecule has 0 aliphatic carbocycles. The SMILES string of the molecule is CCCCn1cc(C(=O)NCCCN(CC)CC)c(=O)c2ccc(Cl)cc21. The van der Waals surface area contributed by atoms with Crippen molar-refractivity contribution in [1.82, 2.24) is 14.8 Å². The number of rotatable bonds is 10. The number of aryl methyl sites for hydroxylation is 1. The zero-order valence-corrected chi connectivity index (χ0v) is 17.3. The highest BCUT2D eigenvalue weighted by molar-refractivity contribution is 6.31. The predicted molar refractivity (Wildman–Crippen MR) is 113 cm³/mol. The highest BCUT2D eigenvalue weighted by Gasteiger charge is 2.15. The molecule has 0 saturated heterocycles. The molecule has 0 aliphatic heterocycles. The number of hydrogen-bond acceptors (Lipinski definition) is 3. The van der Waals surface area contributed by atoms with Gasteiger partial charge in [-0.05, 0) is 50.7 Å². The summed E-state index contributed by atoms with van der Waals surface area (Å²) in [6.45, 7) is 10.6. The van der Waals surface area contributed by atoms with Crippen molar-refractivity contribution in [2.45, 2.75) is 46.6 Å². The van der Waals surface area contributed by atoms with E-state index in [9.17, 15) is 9.59 Å². The minimum atomic E-state index is -0.304. The zero-order valence-electron chi connectivity index (χ0n) is 16.6. The van der Waals surface area contributed by atoms with Gasteiger partial charge in [-0.1, -0.05) is 38.8 Å². The fourth-order valence-corrected chi connectivity index (χ4v) is 3.34. The lowest BCUT2D eigenvalue weighted by molar-refractivity contribution is 0.0950. The summed E-state index contributed by atoms with van der Waals surface area (Å²) in [5, 5.41) is 4.02. The molecule has 2 aromatic rings. The summed E-state index contributed by atoms with van der Waals surface area (Å²) in [6, 6.07) is 5.19. The van der Waals surface area contributed by atoms with Gasteiger partial charge < -0.3 is 14.8 Å². The molecule has 148 valence electrons. The molecule has 0 spiro atoms. The van der Waals surface area contributed by atoms with Crippen LogP contribution < -0.4 is 10.7 Å². The third kappa shape index (κ3) is 5.56. The molecule has 0 fully saturated rings. The summed E-state index contributed by atoms with van der Waals surface area (Å²) >= 11 is 6.11. The molecule has 1 amide bonds. The Kier molecular flexibility index (Phi) is 8.32. The number of benzene rings is 1. The molecular weight excluding hydrogens is 362 g/mol. The van der Waals surface area contributed by atoms with Crippen molar-refractivity contribution in [3.05, 3.63) is 45.2 Å². The van der Waals surface area contributed by atoms with Crippen LogP contribution in [0, 0.1) is 0 Å². The fourth-order valence-electron chi connectivity index (χ4n) is 3.18. The average Bonchev–Trinajstić information content (AvgIpc) is 2.67. The Hall–Kier alpha value is -1.85. The van der Waals surface area contributed by atoms with Gasteiger partial charge in [0.25, 0.3) is 5.91 Å². The van der Waals surface area contributed by atoms with Crippen LogP contribution in [0.15, 0.2) is 29.2 Å². The monoisotopic (exact) mass is 391 g/mol. The van der Waals surface area contributed by atoms with E-state index in [2.05, 4.69) is 31.0 Å². The lowest BCUT2D eigenvalue weighted by atomic mass is 10.1. The number of halogens is 1. The summed E-state index contributed by atoms with van der Waals surface area (Å²) in [5.41, 5.74) is 0.735. The maximum atomic E-state index is 12.8. The highest BCUT2D eigenvalue weighted by Crippen LogP contribution is 2.18. The topological polar surface area (TPSA) is 54.3 Å². The molecule has 2 rings (SSSR count). The fraction of sp³-hybridized carbons (Fsp3) is 0.524. The van der Waals surface area contributed by atoms with Crippen LogP contribution in [0.2, 0.25) is 5.02 Å². The average molecular weight is 392 g/mol. The number of unbranched alkanes of at least 4 members (excludes halogenated alkanes) is 1.